The Kier molecular flexibility index (Phi) is 4.28. The minimum atomic E-state index is 0.844. The predicted molar refractivity (Wildman–Crippen MR) is 71.1 cm³/mol. The van der Waals surface area contributed by atoms with Crippen LogP contribution in [0.15, 0.2) is 35.3 Å². The summed E-state index contributed by atoms with van der Waals surface area (Å²) in [4.78, 5) is 3.98. The van der Waals surface area contributed by atoms with Gasteiger partial charge in [-0.2, -0.15) is 5.10 Å². The Morgan fingerprint density at radius 3 is 3.00 bits per heavy atom. The van der Waals surface area contributed by atoms with Crippen LogP contribution in [0, 0.1) is 0 Å². The molecule has 0 saturated heterocycles. The van der Waals surface area contributed by atoms with Crippen molar-refractivity contribution in [1.29, 1.82) is 0 Å². The fraction of sp³-hybridized carbons (Fsp3) is 0.333. The molecule has 0 spiro atoms. The molecular weight excluding hydrogens is 280 g/mol. The SMILES string of the molecule is CCCNCc1ccc(Br)cc1-n1cncn1. The molecule has 0 aliphatic carbocycles. The van der Waals surface area contributed by atoms with Gasteiger partial charge in [-0.05, 0) is 30.7 Å². The highest BCUT2D eigenvalue weighted by atomic mass is 79.9. The van der Waals surface area contributed by atoms with E-state index in [9.17, 15) is 0 Å². The summed E-state index contributed by atoms with van der Waals surface area (Å²) < 4.78 is 2.83. The molecule has 5 heteroatoms. The molecule has 2 rings (SSSR count). The van der Waals surface area contributed by atoms with E-state index < -0.39 is 0 Å². The summed E-state index contributed by atoms with van der Waals surface area (Å²) in [7, 11) is 0. The van der Waals surface area contributed by atoms with E-state index >= 15 is 0 Å². The van der Waals surface area contributed by atoms with Gasteiger partial charge in [-0.25, -0.2) is 9.67 Å². The predicted octanol–water partition coefficient (Wildman–Crippen LogP) is 2.53. The summed E-state index contributed by atoms with van der Waals surface area (Å²) in [5.74, 6) is 0. The minimum absolute atomic E-state index is 0.844. The quantitative estimate of drug-likeness (QED) is 0.862. The number of benzene rings is 1. The van der Waals surface area contributed by atoms with Gasteiger partial charge in [0.15, 0.2) is 0 Å². The fourth-order valence-electron chi connectivity index (χ4n) is 1.63. The summed E-state index contributed by atoms with van der Waals surface area (Å²) in [5.41, 5.74) is 2.27. The van der Waals surface area contributed by atoms with Crippen molar-refractivity contribution in [3.05, 3.63) is 40.9 Å². The van der Waals surface area contributed by atoms with E-state index in [1.54, 1.807) is 17.3 Å². The Bertz CT molecular complexity index is 467. The fourth-order valence-corrected chi connectivity index (χ4v) is 1.98. The molecule has 2 aromatic rings. The molecular formula is C12H15BrN4. The molecule has 17 heavy (non-hydrogen) atoms. The maximum absolute atomic E-state index is 4.17. The highest BCUT2D eigenvalue weighted by Gasteiger charge is 2.05. The number of nitrogens with zero attached hydrogens (tertiary/aromatic N) is 3. The van der Waals surface area contributed by atoms with Crippen LogP contribution in [0.25, 0.3) is 5.69 Å². The van der Waals surface area contributed by atoms with Gasteiger partial charge in [0, 0.05) is 11.0 Å². The Balaban J connectivity index is 2.25. The van der Waals surface area contributed by atoms with E-state index in [0.29, 0.717) is 0 Å². The largest absolute Gasteiger partial charge is 0.313 e. The minimum Gasteiger partial charge on any atom is -0.313 e. The third kappa shape index (κ3) is 3.14. The lowest BCUT2D eigenvalue weighted by Gasteiger charge is -2.10. The maximum Gasteiger partial charge on any atom is 0.138 e. The van der Waals surface area contributed by atoms with Gasteiger partial charge in [0.1, 0.15) is 12.7 Å². The normalized spacial score (nSPS) is 10.7. The van der Waals surface area contributed by atoms with Gasteiger partial charge in [-0.15, -0.1) is 0 Å². The highest BCUT2D eigenvalue weighted by Crippen LogP contribution is 2.19. The van der Waals surface area contributed by atoms with E-state index in [1.807, 2.05) is 6.07 Å². The average Bonchev–Trinajstić information content (AvgIpc) is 2.85. The monoisotopic (exact) mass is 294 g/mol. The molecule has 0 amide bonds. The zero-order valence-corrected chi connectivity index (χ0v) is 11.3. The number of rotatable bonds is 5. The molecule has 1 heterocycles. The third-order valence-electron chi connectivity index (χ3n) is 2.46. The average molecular weight is 295 g/mol. The lowest BCUT2D eigenvalue weighted by Crippen LogP contribution is -2.15. The van der Waals surface area contributed by atoms with E-state index in [-0.39, 0.29) is 0 Å². The van der Waals surface area contributed by atoms with Crippen molar-refractivity contribution >= 4 is 15.9 Å². The zero-order valence-electron chi connectivity index (χ0n) is 9.73. The van der Waals surface area contributed by atoms with Crippen LogP contribution in [0.2, 0.25) is 0 Å². The number of aromatic nitrogens is 3. The van der Waals surface area contributed by atoms with Gasteiger partial charge < -0.3 is 5.32 Å². The number of hydrogen-bond donors (Lipinski definition) is 1. The van der Waals surface area contributed by atoms with Crippen molar-refractivity contribution in [1.82, 2.24) is 20.1 Å². The second-order valence-electron chi connectivity index (χ2n) is 3.79. The van der Waals surface area contributed by atoms with Crippen LogP contribution in [0.5, 0.6) is 0 Å². The van der Waals surface area contributed by atoms with E-state index in [1.165, 1.54) is 5.56 Å². The summed E-state index contributed by atoms with van der Waals surface area (Å²) in [6.45, 7) is 4.02. The molecule has 1 N–H and O–H groups in total. The first-order valence-electron chi connectivity index (χ1n) is 5.65. The summed E-state index contributed by atoms with van der Waals surface area (Å²) >= 11 is 3.48. The molecule has 4 nitrogen and oxygen atoms in total. The van der Waals surface area contributed by atoms with E-state index in [4.69, 9.17) is 0 Å². The Hall–Kier alpha value is -1.20. The van der Waals surface area contributed by atoms with Crippen molar-refractivity contribution in [2.75, 3.05) is 6.54 Å². The van der Waals surface area contributed by atoms with Crippen LogP contribution in [-0.2, 0) is 6.54 Å². The first-order chi connectivity index (χ1) is 8.31. The first kappa shape index (κ1) is 12.3. The molecule has 0 unspecified atom stereocenters. The number of nitrogens with one attached hydrogen (secondary N) is 1. The van der Waals surface area contributed by atoms with Gasteiger partial charge in [0.2, 0.25) is 0 Å². The van der Waals surface area contributed by atoms with E-state index in [0.717, 1.165) is 29.7 Å². The second-order valence-corrected chi connectivity index (χ2v) is 4.71. The summed E-state index contributed by atoms with van der Waals surface area (Å²) in [5, 5.41) is 7.57. The summed E-state index contributed by atoms with van der Waals surface area (Å²) in [6.07, 6.45) is 4.39. The topological polar surface area (TPSA) is 42.7 Å². The van der Waals surface area contributed by atoms with Crippen molar-refractivity contribution in [3.63, 3.8) is 0 Å². The molecule has 0 aliphatic heterocycles. The molecule has 1 aromatic carbocycles. The highest BCUT2D eigenvalue weighted by molar-refractivity contribution is 9.10. The third-order valence-corrected chi connectivity index (χ3v) is 2.95. The molecule has 0 atom stereocenters. The van der Waals surface area contributed by atoms with Crippen LogP contribution in [-0.4, -0.2) is 21.3 Å². The summed E-state index contributed by atoms with van der Waals surface area (Å²) in [6, 6.07) is 6.20. The van der Waals surface area contributed by atoms with Crippen LogP contribution < -0.4 is 5.32 Å². The number of hydrogen-bond acceptors (Lipinski definition) is 3. The molecule has 0 bridgehead atoms. The van der Waals surface area contributed by atoms with Gasteiger partial charge in [0.25, 0.3) is 0 Å². The van der Waals surface area contributed by atoms with Crippen LogP contribution in [0.3, 0.4) is 0 Å². The standard InChI is InChI=1S/C12H15BrN4/c1-2-5-14-7-10-3-4-11(13)6-12(10)17-9-15-8-16-17/h3-4,6,8-9,14H,2,5,7H2,1H3. The van der Waals surface area contributed by atoms with Crippen LogP contribution in [0.1, 0.15) is 18.9 Å². The van der Waals surface area contributed by atoms with Crippen molar-refractivity contribution in [3.8, 4) is 5.69 Å². The Labute approximate surface area is 109 Å². The van der Waals surface area contributed by atoms with E-state index in [2.05, 4.69) is 50.4 Å². The Morgan fingerprint density at radius 1 is 1.41 bits per heavy atom. The maximum atomic E-state index is 4.17. The second kappa shape index (κ2) is 5.93. The molecule has 0 saturated carbocycles. The van der Waals surface area contributed by atoms with Gasteiger partial charge in [-0.3, -0.25) is 0 Å². The lowest BCUT2D eigenvalue weighted by atomic mass is 10.2. The molecule has 0 aliphatic rings. The molecule has 0 radical (unpaired) electrons. The van der Waals surface area contributed by atoms with Crippen molar-refractivity contribution in [2.24, 2.45) is 0 Å². The van der Waals surface area contributed by atoms with Crippen LogP contribution >= 0.6 is 15.9 Å². The van der Waals surface area contributed by atoms with Gasteiger partial charge in [0.05, 0.1) is 5.69 Å². The van der Waals surface area contributed by atoms with Gasteiger partial charge >= 0.3 is 0 Å². The molecule has 90 valence electrons. The first-order valence-corrected chi connectivity index (χ1v) is 6.44. The molecule has 1 aromatic heterocycles. The van der Waals surface area contributed by atoms with Crippen molar-refractivity contribution in [2.45, 2.75) is 19.9 Å². The lowest BCUT2D eigenvalue weighted by molar-refractivity contribution is 0.670. The number of halogens is 1. The molecule has 0 fully saturated rings. The van der Waals surface area contributed by atoms with Crippen molar-refractivity contribution < 1.29 is 0 Å². The zero-order chi connectivity index (χ0) is 12.1. The Morgan fingerprint density at radius 2 is 2.29 bits per heavy atom. The van der Waals surface area contributed by atoms with Crippen LogP contribution in [0.4, 0.5) is 0 Å². The van der Waals surface area contributed by atoms with Gasteiger partial charge in [-0.1, -0.05) is 28.9 Å². The smallest absolute Gasteiger partial charge is 0.138 e.